The van der Waals surface area contributed by atoms with Crippen molar-refractivity contribution < 1.29 is 0 Å². The molecule has 0 fully saturated rings. The molecule has 84 valence electrons. The second-order valence-corrected chi connectivity index (χ2v) is 4.67. The normalized spacial score (nSPS) is 12.9. The van der Waals surface area contributed by atoms with E-state index in [-0.39, 0.29) is 6.04 Å². The summed E-state index contributed by atoms with van der Waals surface area (Å²) in [6, 6.07) is 3.85. The molecule has 0 aliphatic rings. The van der Waals surface area contributed by atoms with E-state index in [1.807, 2.05) is 12.1 Å². The number of alkyl halides is 1. The topological polar surface area (TPSA) is 24.9 Å². The van der Waals surface area contributed by atoms with Gasteiger partial charge in [-0.05, 0) is 24.5 Å². The number of aromatic nitrogens is 1. The minimum absolute atomic E-state index is 0.221. The quantitative estimate of drug-likeness (QED) is 0.800. The van der Waals surface area contributed by atoms with E-state index >= 15 is 0 Å². The van der Waals surface area contributed by atoms with Crippen LogP contribution in [0.15, 0.2) is 18.3 Å². The zero-order valence-electron chi connectivity index (χ0n) is 9.00. The van der Waals surface area contributed by atoms with Crippen molar-refractivity contribution in [1.29, 1.82) is 0 Å². The van der Waals surface area contributed by atoms with E-state index in [0.29, 0.717) is 22.6 Å². The van der Waals surface area contributed by atoms with Crippen LogP contribution in [0.4, 0.5) is 5.82 Å². The van der Waals surface area contributed by atoms with Gasteiger partial charge in [-0.3, -0.25) is 0 Å². The number of halogens is 2. The number of nitrogens with one attached hydrogen (secondary N) is 1. The first-order valence-electron chi connectivity index (χ1n) is 5.06. The van der Waals surface area contributed by atoms with E-state index in [1.54, 1.807) is 6.20 Å². The second-order valence-electron chi connectivity index (χ2n) is 3.96. The largest absolute Gasteiger partial charge is 0.365 e. The summed E-state index contributed by atoms with van der Waals surface area (Å²) in [6.07, 6.45) is 2.73. The van der Waals surface area contributed by atoms with Crippen LogP contribution in [0.25, 0.3) is 0 Å². The van der Waals surface area contributed by atoms with E-state index in [2.05, 4.69) is 24.1 Å². The average molecular weight is 247 g/mol. The molecule has 1 unspecified atom stereocenters. The molecule has 2 nitrogen and oxygen atoms in total. The van der Waals surface area contributed by atoms with Crippen molar-refractivity contribution in [3.8, 4) is 0 Å². The first kappa shape index (κ1) is 12.6. The molecule has 0 aromatic carbocycles. The molecule has 0 aliphatic carbocycles. The van der Waals surface area contributed by atoms with Crippen LogP contribution >= 0.6 is 23.2 Å². The molecule has 1 heterocycles. The summed E-state index contributed by atoms with van der Waals surface area (Å²) in [5.41, 5.74) is 0. The van der Waals surface area contributed by atoms with E-state index in [9.17, 15) is 0 Å². The Labute approximate surface area is 101 Å². The third-order valence-electron chi connectivity index (χ3n) is 2.04. The zero-order valence-corrected chi connectivity index (χ0v) is 10.5. The number of rotatable bonds is 5. The smallest absolute Gasteiger partial charge is 0.145 e. The minimum atomic E-state index is 0.221. The van der Waals surface area contributed by atoms with Crippen LogP contribution in [0.5, 0.6) is 0 Å². The molecule has 0 amide bonds. The highest BCUT2D eigenvalue weighted by molar-refractivity contribution is 6.32. The average Bonchev–Trinajstić information content (AvgIpc) is 2.19. The summed E-state index contributed by atoms with van der Waals surface area (Å²) in [5.74, 6) is 1.87. The Hall–Kier alpha value is -0.470. The minimum Gasteiger partial charge on any atom is -0.365 e. The van der Waals surface area contributed by atoms with Crippen molar-refractivity contribution in [2.24, 2.45) is 5.92 Å². The lowest BCUT2D eigenvalue weighted by molar-refractivity contribution is 0.541. The van der Waals surface area contributed by atoms with Gasteiger partial charge in [-0.15, -0.1) is 11.6 Å². The van der Waals surface area contributed by atoms with E-state index in [1.165, 1.54) is 0 Å². The summed E-state index contributed by atoms with van der Waals surface area (Å²) in [4.78, 5) is 4.17. The van der Waals surface area contributed by atoms with Gasteiger partial charge in [0.1, 0.15) is 5.82 Å². The predicted octanol–water partition coefficient (Wildman–Crippen LogP) is 3.80. The van der Waals surface area contributed by atoms with Gasteiger partial charge in [0.05, 0.1) is 5.02 Å². The van der Waals surface area contributed by atoms with Crippen LogP contribution in [-0.4, -0.2) is 16.9 Å². The van der Waals surface area contributed by atoms with E-state index in [0.717, 1.165) is 6.42 Å². The predicted molar refractivity (Wildman–Crippen MR) is 66.8 cm³/mol. The Morgan fingerprint density at radius 2 is 2.20 bits per heavy atom. The SMILES string of the molecule is CC(C)CC(CCl)Nc1ncccc1Cl. The third kappa shape index (κ3) is 4.27. The van der Waals surface area contributed by atoms with Gasteiger partial charge in [-0.2, -0.15) is 0 Å². The number of pyridine rings is 1. The van der Waals surface area contributed by atoms with Gasteiger partial charge in [0, 0.05) is 18.1 Å². The van der Waals surface area contributed by atoms with Crippen molar-refractivity contribution in [3.63, 3.8) is 0 Å². The summed E-state index contributed by atoms with van der Waals surface area (Å²) in [7, 11) is 0. The molecule has 1 atom stereocenters. The lowest BCUT2D eigenvalue weighted by Gasteiger charge is -2.19. The fourth-order valence-corrected chi connectivity index (χ4v) is 1.79. The van der Waals surface area contributed by atoms with Crippen molar-refractivity contribution in [2.75, 3.05) is 11.2 Å². The van der Waals surface area contributed by atoms with E-state index in [4.69, 9.17) is 23.2 Å². The summed E-state index contributed by atoms with van der Waals surface area (Å²) in [6.45, 7) is 4.34. The van der Waals surface area contributed by atoms with Crippen molar-refractivity contribution in [2.45, 2.75) is 26.3 Å². The van der Waals surface area contributed by atoms with Gasteiger partial charge in [-0.25, -0.2) is 4.98 Å². The maximum Gasteiger partial charge on any atom is 0.145 e. The Bertz CT molecular complexity index is 302. The highest BCUT2D eigenvalue weighted by Crippen LogP contribution is 2.20. The van der Waals surface area contributed by atoms with Gasteiger partial charge in [0.25, 0.3) is 0 Å². The first-order chi connectivity index (χ1) is 7.13. The first-order valence-corrected chi connectivity index (χ1v) is 5.97. The molecular formula is C11H16Cl2N2. The molecule has 0 saturated heterocycles. The molecular weight excluding hydrogens is 231 g/mol. The van der Waals surface area contributed by atoms with Gasteiger partial charge in [-0.1, -0.05) is 25.4 Å². The number of hydrogen-bond donors (Lipinski definition) is 1. The van der Waals surface area contributed by atoms with Crippen molar-refractivity contribution in [3.05, 3.63) is 23.4 Å². The van der Waals surface area contributed by atoms with Gasteiger partial charge in [0.2, 0.25) is 0 Å². The summed E-state index contributed by atoms with van der Waals surface area (Å²) in [5, 5.41) is 3.89. The number of anilines is 1. The summed E-state index contributed by atoms with van der Waals surface area (Å²) < 4.78 is 0. The fourth-order valence-electron chi connectivity index (χ4n) is 1.41. The highest BCUT2D eigenvalue weighted by Gasteiger charge is 2.11. The van der Waals surface area contributed by atoms with Crippen LogP contribution in [-0.2, 0) is 0 Å². The molecule has 1 N–H and O–H groups in total. The van der Waals surface area contributed by atoms with Crippen molar-refractivity contribution in [1.82, 2.24) is 4.98 Å². The highest BCUT2D eigenvalue weighted by atomic mass is 35.5. The fraction of sp³-hybridized carbons (Fsp3) is 0.545. The standard InChI is InChI=1S/C11H16Cl2N2/c1-8(2)6-9(7-12)15-11-10(13)4-3-5-14-11/h3-5,8-9H,6-7H2,1-2H3,(H,14,15). The lowest BCUT2D eigenvalue weighted by Crippen LogP contribution is -2.24. The van der Waals surface area contributed by atoms with Crippen LogP contribution < -0.4 is 5.32 Å². The molecule has 1 aromatic heterocycles. The Morgan fingerprint density at radius 3 is 2.73 bits per heavy atom. The Morgan fingerprint density at radius 1 is 1.47 bits per heavy atom. The van der Waals surface area contributed by atoms with Gasteiger partial charge < -0.3 is 5.32 Å². The van der Waals surface area contributed by atoms with Crippen molar-refractivity contribution >= 4 is 29.0 Å². The molecule has 1 aromatic rings. The molecule has 0 aliphatic heterocycles. The zero-order chi connectivity index (χ0) is 11.3. The summed E-state index contributed by atoms with van der Waals surface area (Å²) >= 11 is 11.9. The maximum atomic E-state index is 5.99. The Balaban J connectivity index is 2.62. The molecule has 0 radical (unpaired) electrons. The third-order valence-corrected chi connectivity index (χ3v) is 2.72. The second kappa shape index (κ2) is 6.19. The molecule has 0 spiro atoms. The van der Waals surface area contributed by atoms with Crippen LogP contribution in [0.3, 0.4) is 0 Å². The molecule has 0 bridgehead atoms. The van der Waals surface area contributed by atoms with Gasteiger partial charge in [0.15, 0.2) is 0 Å². The van der Waals surface area contributed by atoms with Gasteiger partial charge >= 0.3 is 0 Å². The van der Waals surface area contributed by atoms with Crippen LogP contribution in [0.2, 0.25) is 5.02 Å². The van der Waals surface area contributed by atoms with Crippen LogP contribution in [0.1, 0.15) is 20.3 Å². The maximum absolute atomic E-state index is 5.99. The number of hydrogen-bond acceptors (Lipinski definition) is 2. The molecule has 1 rings (SSSR count). The molecule has 15 heavy (non-hydrogen) atoms. The molecule has 0 saturated carbocycles. The number of nitrogens with zero attached hydrogens (tertiary/aromatic N) is 1. The van der Waals surface area contributed by atoms with E-state index < -0.39 is 0 Å². The Kier molecular flexibility index (Phi) is 5.20. The lowest BCUT2D eigenvalue weighted by atomic mass is 10.1. The molecule has 4 heteroatoms. The van der Waals surface area contributed by atoms with Crippen LogP contribution in [0, 0.1) is 5.92 Å². The monoisotopic (exact) mass is 246 g/mol.